The maximum atomic E-state index is 14.5. The summed E-state index contributed by atoms with van der Waals surface area (Å²) in [5.41, 5.74) is 6.37. The van der Waals surface area contributed by atoms with Crippen molar-refractivity contribution in [1.29, 1.82) is 0 Å². The number of benzene rings is 2. The van der Waals surface area contributed by atoms with Crippen LogP contribution in [-0.4, -0.2) is 137 Å². The molecule has 7 rings (SSSR count). The van der Waals surface area contributed by atoms with Crippen molar-refractivity contribution in [3.8, 4) is 0 Å². The van der Waals surface area contributed by atoms with Crippen molar-refractivity contribution in [1.82, 2.24) is 20.5 Å². The number of nitrogens with zero attached hydrogens (tertiary/aromatic N) is 3. The van der Waals surface area contributed by atoms with Gasteiger partial charge in [0.05, 0.1) is 46.9 Å². The number of urea groups is 1. The Morgan fingerprint density at radius 1 is 1.01 bits per heavy atom. The van der Waals surface area contributed by atoms with E-state index in [4.69, 9.17) is 36.3 Å². The van der Waals surface area contributed by atoms with E-state index in [2.05, 4.69) is 20.9 Å². The smallest absolute Gasteiger partial charge is 0.412 e. The number of epoxide rings is 1. The summed E-state index contributed by atoms with van der Waals surface area (Å²) in [5, 5.41) is 21.1. The number of pyridine rings is 1. The van der Waals surface area contributed by atoms with Crippen LogP contribution < -0.4 is 26.6 Å². The molecule has 2 aromatic carbocycles. The van der Waals surface area contributed by atoms with Crippen molar-refractivity contribution in [2.24, 2.45) is 23.5 Å². The summed E-state index contributed by atoms with van der Waals surface area (Å²) in [5.74, 6) is -4.41. The molecule has 4 aliphatic heterocycles. The summed E-state index contributed by atoms with van der Waals surface area (Å²) in [7, 11) is 3.05. The van der Waals surface area contributed by atoms with E-state index in [1.807, 2.05) is 45.9 Å². The summed E-state index contributed by atoms with van der Waals surface area (Å²) < 4.78 is 24.2. The quantitative estimate of drug-likeness (QED) is 0.0304. The van der Waals surface area contributed by atoms with Crippen molar-refractivity contribution in [2.75, 3.05) is 37.5 Å². The first kappa shape index (κ1) is 64.2. The number of unbranched alkanes of at least 4 members (excludes halogenated alkanes) is 2. The van der Waals surface area contributed by atoms with E-state index in [1.165, 1.54) is 30.4 Å². The topological polar surface area (TPSA) is 296 Å². The van der Waals surface area contributed by atoms with Crippen LogP contribution >= 0.6 is 11.6 Å². The highest BCUT2D eigenvalue weighted by atomic mass is 35.5. The van der Waals surface area contributed by atoms with E-state index in [9.17, 15) is 48.3 Å². The number of aryl methyl sites for hydroxylation is 1. The summed E-state index contributed by atoms with van der Waals surface area (Å²) in [4.78, 5) is 126. The van der Waals surface area contributed by atoms with Crippen LogP contribution in [0.5, 0.6) is 0 Å². The average Bonchev–Trinajstić information content (AvgIpc) is 1.95. The zero-order valence-electron chi connectivity index (χ0n) is 49.0. The molecule has 0 spiro atoms. The normalized spacial score (nSPS) is 25.3. The lowest BCUT2D eigenvalue weighted by Crippen LogP contribution is -2.53. The number of allylic oxidation sites excluding steroid dienone is 3. The molecule has 3 aromatic rings. The Labute approximate surface area is 494 Å². The summed E-state index contributed by atoms with van der Waals surface area (Å²) in [6.45, 7) is 11.3. The number of carbonyl (C=O) groups excluding carboxylic acids is 9. The Bertz CT molecular complexity index is 3110. The Balaban J connectivity index is 1.09. The number of ether oxygens (including phenoxy) is 4. The number of rotatable bonds is 21. The number of ketones is 2. The Kier molecular flexibility index (Phi) is 21.4. The van der Waals surface area contributed by atoms with Gasteiger partial charge >= 0.3 is 18.1 Å². The third kappa shape index (κ3) is 15.9. The number of aromatic nitrogens is 1. The maximum absolute atomic E-state index is 14.5. The number of Topliss-reactive ketones (excluding diaryl/α,β-unsaturated/α-hetero) is 2. The minimum absolute atomic E-state index is 0.00331. The van der Waals surface area contributed by atoms with Crippen LogP contribution in [-0.2, 0) is 65.4 Å². The van der Waals surface area contributed by atoms with Gasteiger partial charge in [-0.15, -0.1) is 0 Å². The van der Waals surface area contributed by atoms with Crippen LogP contribution in [0.1, 0.15) is 116 Å². The van der Waals surface area contributed by atoms with E-state index < -0.39 is 83.4 Å². The highest BCUT2D eigenvalue weighted by Crippen LogP contribution is 2.50. The zero-order chi connectivity index (χ0) is 61.2. The molecule has 5 heterocycles. The largest absolute Gasteiger partial charge is 0.462 e. The van der Waals surface area contributed by atoms with Crippen LogP contribution in [0.25, 0.3) is 10.9 Å². The van der Waals surface area contributed by atoms with Crippen LogP contribution in [0, 0.1) is 24.7 Å². The number of nitrogens with one attached hydrogen (secondary N) is 3. The molecule has 21 nitrogen and oxygen atoms in total. The van der Waals surface area contributed by atoms with Gasteiger partial charge in [-0.05, 0) is 93.7 Å². The molecule has 2 saturated heterocycles. The van der Waals surface area contributed by atoms with Crippen molar-refractivity contribution in [3.63, 3.8) is 0 Å². The predicted molar refractivity (Wildman–Crippen MR) is 313 cm³/mol. The molecule has 0 unspecified atom stereocenters. The minimum atomic E-state index is -1.64. The molecular formula is C62H78ClN7O14. The molecule has 7 amide bonds. The molecule has 4 aliphatic rings. The first-order valence-corrected chi connectivity index (χ1v) is 29.0. The molecule has 0 saturated carbocycles. The zero-order valence-corrected chi connectivity index (χ0v) is 49.8. The van der Waals surface area contributed by atoms with Crippen molar-refractivity contribution in [3.05, 3.63) is 100 Å². The van der Waals surface area contributed by atoms with E-state index in [0.717, 1.165) is 21.6 Å². The van der Waals surface area contributed by atoms with E-state index in [1.54, 1.807) is 57.3 Å². The van der Waals surface area contributed by atoms with Crippen LogP contribution in [0.3, 0.4) is 0 Å². The monoisotopic (exact) mass is 1180 g/mol. The molecule has 84 heavy (non-hydrogen) atoms. The van der Waals surface area contributed by atoms with E-state index in [-0.39, 0.29) is 99.4 Å². The van der Waals surface area contributed by atoms with Gasteiger partial charge in [-0.2, -0.15) is 0 Å². The third-order valence-corrected chi connectivity index (χ3v) is 16.9. The molecule has 452 valence electrons. The number of aliphatic hydroxyl groups is 1. The Hall–Kier alpha value is -7.33. The van der Waals surface area contributed by atoms with Gasteiger partial charge in [-0.3, -0.25) is 48.8 Å². The molecular weight excluding hydrogens is 1100 g/mol. The Morgan fingerprint density at radius 3 is 2.45 bits per heavy atom. The van der Waals surface area contributed by atoms with Crippen molar-refractivity contribution >= 4 is 87.2 Å². The minimum Gasteiger partial charge on any atom is -0.462 e. The molecule has 2 fully saturated rings. The number of hydrogen-bond donors (Lipinski definition) is 5. The van der Waals surface area contributed by atoms with Gasteiger partial charge in [-0.1, -0.05) is 80.8 Å². The lowest BCUT2D eigenvalue weighted by Gasteiger charge is -2.41. The predicted octanol–water partition coefficient (Wildman–Crippen LogP) is 7.23. The van der Waals surface area contributed by atoms with E-state index >= 15 is 0 Å². The molecule has 1 aromatic heterocycles. The molecule has 4 bridgehead atoms. The van der Waals surface area contributed by atoms with Gasteiger partial charge in [0.2, 0.25) is 11.8 Å². The molecule has 22 heteroatoms. The van der Waals surface area contributed by atoms with Gasteiger partial charge in [0.15, 0.2) is 5.78 Å². The average molecular weight is 1180 g/mol. The molecule has 0 aliphatic carbocycles. The number of primary amides is 1. The first-order chi connectivity index (χ1) is 39.8. The van der Waals surface area contributed by atoms with Gasteiger partial charge in [0.1, 0.15) is 35.3 Å². The van der Waals surface area contributed by atoms with E-state index in [0.29, 0.717) is 52.9 Å². The van der Waals surface area contributed by atoms with Crippen LogP contribution in [0.4, 0.5) is 21.0 Å². The van der Waals surface area contributed by atoms with Crippen LogP contribution in [0.2, 0.25) is 5.02 Å². The molecule has 6 N–H and O–H groups in total. The fourth-order valence-electron chi connectivity index (χ4n) is 11.5. The SMILES string of the molecule is CO[C@@H]1/C=C/C=C(\C)Cc2cc(C)c(Cl)c(c2)N(C)C(=O)C[C@H](OC(=O)Nc2ccc(CC(=O)[C@H](CCCNC(N)=O)NC(=O)[C@@H](CC(=O)CCCCCN3C(=O)C=CC3=O)C(C)C)c3cccnc23)[C@]2(C)O[C@H]2[C@H](C)[C@@H]2C[C@@]1(O)CC(=O)O2. The fourth-order valence-corrected chi connectivity index (χ4v) is 11.7. The Morgan fingerprint density at radius 2 is 1.75 bits per heavy atom. The lowest BCUT2D eigenvalue weighted by atomic mass is 9.78. The summed E-state index contributed by atoms with van der Waals surface area (Å²) in [6.07, 6.45) is 6.45. The number of hydrogen-bond acceptors (Lipinski definition) is 15. The maximum Gasteiger partial charge on any atom is 0.412 e. The second-order valence-corrected chi connectivity index (χ2v) is 23.5. The number of halogens is 1. The second kappa shape index (κ2) is 28.0. The number of carbonyl (C=O) groups is 9. The fraction of sp³-hybridized carbons (Fsp3) is 0.516. The number of methoxy groups -OCH3 is 1. The molecule has 9 atom stereocenters. The van der Waals surface area contributed by atoms with Gasteiger partial charge in [-0.25, -0.2) is 9.59 Å². The van der Waals surface area contributed by atoms with Crippen LogP contribution in [0.15, 0.2) is 78.5 Å². The lowest BCUT2D eigenvalue weighted by molar-refractivity contribution is -0.187. The number of anilines is 2. The first-order valence-electron chi connectivity index (χ1n) is 28.6. The van der Waals surface area contributed by atoms with Gasteiger partial charge in [0, 0.05) is 88.5 Å². The second-order valence-electron chi connectivity index (χ2n) is 23.1. The summed E-state index contributed by atoms with van der Waals surface area (Å²) >= 11 is 6.89. The van der Waals surface area contributed by atoms with Gasteiger partial charge < -0.3 is 45.3 Å². The number of nitrogens with two attached hydrogens (primary N) is 1. The molecule has 0 radical (unpaired) electrons. The number of amides is 7. The number of esters is 1. The van der Waals surface area contributed by atoms with Crippen molar-refractivity contribution < 1.29 is 67.2 Å². The third-order valence-electron chi connectivity index (χ3n) is 16.4. The van der Waals surface area contributed by atoms with Crippen molar-refractivity contribution in [2.45, 2.75) is 160 Å². The number of fused-ring (bicyclic) bond motifs is 6. The standard InChI is InChI=1S/C62H78ClN7O14/c1-35(2)43(31-41(71)16-10-9-11-26-70-51(73)22-23-52(70)74)58(77)67-44(18-14-25-66-59(64)78)47(72)30-40-20-21-45(56-42(40)17-13-24-65-56)68-60(79)83-50-32-53(75)69(7)46-29-39(28-37(4)55(46)63)27-36(3)15-12-19-49(81-8)62(80)33-48(82-54(76)34-62)38(5)57-61(50,6)84-57/h12-13,15,17,19-24,28-29,35,38,43-44,48-50,57,80H,9-11,14,16,18,25-27,30-34H2,1-8H3,(H,67,77)(H,68,79)(H3,64,66,78)/b19-12+,36-15+/t38-,43+,44+,48+,49-,50+,57+,61+,62-/m1/s1. The highest BCUT2D eigenvalue weighted by molar-refractivity contribution is 6.34. The highest BCUT2D eigenvalue weighted by Gasteiger charge is 2.64. The number of imide groups is 1. The summed E-state index contributed by atoms with van der Waals surface area (Å²) in [6, 6.07) is 8.58. The van der Waals surface area contributed by atoms with Gasteiger partial charge in [0.25, 0.3) is 11.8 Å².